The van der Waals surface area contributed by atoms with Gasteiger partial charge in [0.2, 0.25) is 0 Å². The lowest BCUT2D eigenvalue weighted by Gasteiger charge is -2.29. The predicted octanol–water partition coefficient (Wildman–Crippen LogP) is 7.45. The molecule has 0 aliphatic heterocycles. The molecule has 38 heavy (non-hydrogen) atoms. The molecular weight excluding hydrogens is 494 g/mol. The van der Waals surface area contributed by atoms with Crippen LogP contribution in [-0.4, -0.2) is 18.5 Å². The van der Waals surface area contributed by atoms with Gasteiger partial charge in [-0.1, -0.05) is 91.0 Å². The molecule has 0 aliphatic rings. The van der Waals surface area contributed by atoms with Crippen LogP contribution < -0.4 is 26.5 Å². The zero-order chi connectivity index (χ0) is 26.1. The Kier molecular flexibility index (Phi) is 8.86. The summed E-state index contributed by atoms with van der Waals surface area (Å²) in [4.78, 5) is 0. The summed E-state index contributed by atoms with van der Waals surface area (Å²) < 4.78 is 0. The molecule has 0 nitrogen and oxygen atoms in total. The summed E-state index contributed by atoms with van der Waals surface area (Å²) in [5.74, 6) is 0. The van der Waals surface area contributed by atoms with Crippen molar-refractivity contribution in [1.29, 1.82) is 0 Å². The summed E-state index contributed by atoms with van der Waals surface area (Å²) in [5, 5.41) is 7.55. The van der Waals surface area contributed by atoms with Gasteiger partial charge in [-0.05, 0) is 80.4 Å². The fraction of sp³-hybridized carbons (Fsp3) is 0.167. The average molecular weight is 533 g/mol. The van der Waals surface area contributed by atoms with Gasteiger partial charge in [0.25, 0.3) is 0 Å². The Hall–Kier alpha value is -3.04. The molecule has 0 atom stereocenters. The van der Waals surface area contributed by atoms with Gasteiger partial charge in [-0.3, -0.25) is 0 Å². The molecule has 0 radical (unpaired) electrons. The van der Waals surface area contributed by atoms with E-state index in [9.17, 15) is 0 Å². The van der Waals surface area contributed by atoms with E-state index in [-0.39, 0.29) is 0 Å². The molecule has 0 heterocycles. The molecule has 190 valence electrons. The van der Waals surface area contributed by atoms with Crippen LogP contribution >= 0.6 is 14.5 Å². The topological polar surface area (TPSA) is 0 Å². The van der Waals surface area contributed by atoms with Crippen LogP contribution in [0, 0.1) is 0 Å². The molecule has 0 bridgehead atoms. The van der Waals surface area contributed by atoms with Crippen LogP contribution in [0.3, 0.4) is 0 Å². The summed E-state index contributed by atoms with van der Waals surface area (Å²) in [6.07, 6.45) is 6.11. The van der Waals surface area contributed by atoms with E-state index in [1.165, 1.54) is 47.2 Å². The van der Waals surface area contributed by atoms with Crippen LogP contribution in [-0.2, 0) is 0 Å². The van der Waals surface area contributed by atoms with E-state index in [2.05, 4.69) is 159 Å². The van der Waals surface area contributed by atoms with Gasteiger partial charge in [0.1, 0.15) is 23.2 Å². The molecule has 0 saturated carbocycles. The second-order valence-corrected chi connectivity index (χ2v) is 17.6. The number of unbranched alkanes of at least 4 members (excludes halogenated alkanes) is 1. The van der Waals surface area contributed by atoms with Gasteiger partial charge in [-0.2, -0.15) is 0 Å². The van der Waals surface area contributed by atoms with Crippen LogP contribution in [0.1, 0.15) is 19.8 Å². The molecule has 0 fully saturated rings. The van der Waals surface area contributed by atoms with Gasteiger partial charge in [0.15, 0.2) is 0 Å². The SMILES string of the molecule is CC[P+](CCCC[P+](c1ccccc1)(c1ccccc1)c1ccccc1)(c1ccccc1)c1ccccc1. The van der Waals surface area contributed by atoms with Gasteiger partial charge < -0.3 is 0 Å². The molecule has 5 aromatic carbocycles. The first-order valence-corrected chi connectivity index (χ1v) is 18.0. The molecular formula is C36H38P2+2. The third kappa shape index (κ3) is 5.40. The van der Waals surface area contributed by atoms with Gasteiger partial charge in [0, 0.05) is 0 Å². The van der Waals surface area contributed by atoms with Crippen molar-refractivity contribution in [3.05, 3.63) is 152 Å². The van der Waals surface area contributed by atoms with Crippen LogP contribution in [0.25, 0.3) is 0 Å². The second kappa shape index (κ2) is 12.7. The van der Waals surface area contributed by atoms with Crippen LogP contribution in [0.5, 0.6) is 0 Å². The molecule has 0 N–H and O–H groups in total. The largest absolute Gasteiger partial charge is 0.112 e. The fourth-order valence-electron chi connectivity index (χ4n) is 5.97. The fourth-order valence-corrected chi connectivity index (χ4v) is 14.5. The molecule has 0 aromatic heterocycles. The highest BCUT2D eigenvalue weighted by molar-refractivity contribution is 7.95. The summed E-state index contributed by atoms with van der Waals surface area (Å²) in [6.45, 7) is 2.41. The normalized spacial score (nSPS) is 11.8. The number of benzene rings is 5. The highest BCUT2D eigenvalue weighted by Gasteiger charge is 2.45. The number of hydrogen-bond acceptors (Lipinski definition) is 0. The summed E-state index contributed by atoms with van der Waals surface area (Å²) in [7, 11) is -3.24. The Morgan fingerprint density at radius 2 is 0.658 bits per heavy atom. The molecule has 0 aliphatic carbocycles. The average Bonchev–Trinajstić information content (AvgIpc) is 3.02. The number of rotatable bonds is 11. The quantitative estimate of drug-likeness (QED) is 0.122. The molecule has 0 amide bonds. The maximum atomic E-state index is 2.41. The van der Waals surface area contributed by atoms with Crippen LogP contribution in [0.4, 0.5) is 0 Å². The van der Waals surface area contributed by atoms with Gasteiger partial charge in [-0.15, -0.1) is 0 Å². The van der Waals surface area contributed by atoms with Crippen LogP contribution in [0.15, 0.2) is 152 Å². The minimum atomic E-state index is -1.78. The van der Waals surface area contributed by atoms with Crippen molar-refractivity contribution in [2.45, 2.75) is 19.8 Å². The van der Waals surface area contributed by atoms with Crippen LogP contribution in [0.2, 0.25) is 0 Å². The van der Waals surface area contributed by atoms with E-state index in [4.69, 9.17) is 0 Å². The van der Waals surface area contributed by atoms with Crippen molar-refractivity contribution in [3.63, 3.8) is 0 Å². The minimum absolute atomic E-state index is 1.19. The molecule has 2 heteroatoms. The Bertz CT molecular complexity index is 1230. The number of hydrogen-bond donors (Lipinski definition) is 0. The highest BCUT2D eigenvalue weighted by Crippen LogP contribution is 2.59. The van der Waals surface area contributed by atoms with E-state index < -0.39 is 14.5 Å². The zero-order valence-electron chi connectivity index (χ0n) is 22.4. The van der Waals surface area contributed by atoms with Crippen molar-refractivity contribution in [3.8, 4) is 0 Å². The molecule has 5 aromatic rings. The third-order valence-corrected chi connectivity index (χ3v) is 17.2. The standard InChI is InChI=1S/C36H38P2/c1-2-37(32-20-8-3-9-21-32,33-22-10-4-11-23-33)30-18-19-31-38(34-24-12-5-13-25-34,35-26-14-6-15-27-35)36-28-16-7-17-29-36/h3-17,20-29H,2,18-19,30-31H2,1H3/q+2. The maximum absolute atomic E-state index is 2.41. The van der Waals surface area contributed by atoms with Crippen molar-refractivity contribution in [2.75, 3.05) is 18.5 Å². The molecule has 5 rings (SSSR count). The van der Waals surface area contributed by atoms with E-state index in [1.54, 1.807) is 10.6 Å². The monoisotopic (exact) mass is 532 g/mol. The third-order valence-electron chi connectivity index (χ3n) is 7.91. The van der Waals surface area contributed by atoms with E-state index >= 15 is 0 Å². The lowest BCUT2D eigenvalue weighted by Crippen LogP contribution is -2.33. The van der Waals surface area contributed by atoms with E-state index in [0.29, 0.717) is 0 Å². The smallest absolute Gasteiger partial charge is 0.0620 e. The predicted molar refractivity (Wildman–Crippen MR) is 174 cm³/mol. The van der Waals surface area contributed by atoms with Gasteiger partial charge in [0.05, 0.1) is 36.4 Å². The van der Waals surface area contributed by atoms with E-state index in [0.717, 1.165) is 0 Å². The van der Waals surface area contributed by atoms with Crippen molar-refractivity contribution < 1.29 is 0 Å². The van der Waals surface area contributed by atoms with Crippen molar-refractivity contribution >= 4 is 41.0 Å². The Balaban J connectivity index is 1.50. The Labute approximate surface area is 230 Å². The first-order chi connectivity index (χ1) is 18.8. The molecule has 0 saturated heterocycles. The van der Waals surface area contributed by atoms with Crippen molar-refractivity contribution in [1.82, 2.24) is 0 Å². The highest BCUT2D eigenvalue weighted by atomic mass is 31.2. The van der Waals surface area contributed by atoms with Crippen molar-refractivity contribution in [2.24, 2.45) is 0 Å². The summed E-state index contributed by atoms with van der Waals surface area (Å²) >= 11 is 0. The first kappa shape index (κ1) is 26.6. The lowest BCUT2D eigenvalue weighted by atomic mass is 10.3. The maximum Gasteiger partial charge on any atom is 0.112 e. The first-order valence-electron chi connectivity index (χ1n) is 13.8. The molecule has 0 spiro atoms. The lowest BCUT2D eigenvalue weighted by molar-refractivity contribution is 0.895. The van der Waals surface area contributed by atoms with Gasteiger partial charge >= 0.3 is 0 Å². The Morgan fingerprint density at radius 1 is 0.368 bits per heavy atom. The summed E-state index contributed by atoms with van der Waals surface area (Å²) in [5.41, 5.74) is 0. The second-order valence-electron chi connectivity index (χ2n) is 9.93. The minimum Gasteiger partial charge on any atom is -0.0620 e. The Morgan fingerprint density at radius 3 is 0.974 bits per heavy atom. The zero-order valence-corrected chi connectivity index (χ0v) is 24.2. The van der Waals surface area contributed by atoms with Gasteiger partial charge in [-0.25, -0.2) is 0 Å². The summed E-state index contributed by atoms with van der Waals surface area (Å²) in [6, 6.07) is 56.6. The molecule has 0 unspecified atom stereocenters. The van der Waals surface area contributed by atoms with E-state index in [1.807, 2.05) is 0 Å².